The van der Waals surface area contributed by atoms with E-state index >= 15 is 0 Å². The van der Waals surface area contributed by atoms with Gasteiger partial charge < -0.3 is 10.7 Å². The first kappa shape index (κ1) is 14.7. The molecule has 102 valence electrons. The van der Waals surface area contributed by atoms with Crippen LogP contribution in [0.4, 0.5) is 11.6 Å². The highest BCUT2D eigenvalue weighted by Gasteiger charge is 2.10. The molecule has 0 saturated heterocycles. The zero-order chi connectivity index (χ0) is 13.4. The fourth-order valence-electron chi connectivity index (χ4n) is 2.00. The van der Waals surface area contributed by atoms with E-state index in [0.29, 0.717) is 11.9 Å². The van der Waals surface area contributed by atoms with Crippen LogP contribution in [-0.2, 0) is 6.42 Å². The number of hydrogen-bond acceptors (Lipinski definition) is 5. The van der Waals surface area contributed by atoms with Crippen LogP contribution in [-0.4, -0.2) is 16.0 Å². The Kier molecular flexibility index (Phi) is 6.43. The Bertz CT molecular complexity index is 353. The van der Waals surface area contributed by atoms with Gasteiger partial charge in [-0.3, -0.25) is 0 Å². The van der Waals surface area contributed by atoms with Crippen LogP contribution < -0.4 is 16.6 Å². The van der Waals surface area contributed by atoms with E-state index in [1.165, 1.54) is 25.6 Å². The molecule has 1 aromatic heterocycles. The largest absolute Gasteiger partial charge is 0.367 e. The highest BCUT2D eigenvalue weighted by atomic mass is 15.3. The van der Waals surface area contributed by atoms with Crippen molar-refractivity contribution in [1.29, 1.82) is 0 Å². The van der Waals surface area contributed by atoms with Crippen LogP contribution in [0.25, 0.3) is 0 Å². The molecule has 1 atom stereocenters. The molecule has 0 bridgehead atoms. The Labute approximate surface area is 110 Å². The third kappa shape index (κ3) is 4.14. The molecule has 1 aromatic rings. The van der Waals surface area contributed by atoms with E-state index in [9.17, 15) is 0 Å². The lowest BCUT2D eigenvalue weighted by molar-refractivity contribution is 0.613. The van der Waals surface area contributed by atoms with E-state index in [-0.39, 0.29) is 0 Å². The van der Waals surface area contributed by atoms with Gasteiger partial charge in [0.25, 0.3) is 0 Å². The minimum Gasteiger partial charge on any atom is -0.367 e. The molecule has 4 N–H and O–H groups in total. The summed E-state index contributed by atoms with van der Waals surface area (Å²) in [4.78, 5) is 8.43. The Balaban J connectivity index is 2.65. The maximum absolute atomic E-state index is 5.46. The SMILES string of the molecule is CCCCCC(C)Nc1ncnc(NN)c1CC. The van der Waals surface area contributed by atoms with E-state index in [0.717, 1.165) is 24.2 Å². The topological polar surface area (TPSA) is 75.9 Å². The molecule has 0 saturated carbocycles. The summed E-state index contributed by atoms with van der Waals surface area (Å²) in [6.45, 7) is 6.48. The second-order valence-corrected chi connectivity index (χ2v) is 4.59. The monoisotopic (exact) mass is 251 g/mol. The van der Waals surface area contributed by atoms with Gasteiger partial charge in [-0.25, -0.2) is 15.8 Å². The Morgan fingerprint density at radius 3 is 2.56 bits per heavy atom. The van der Waals surface area contributed by atoms with Crippen molar-refractivity contribution in [3.8, 4) is 0 Å². The van der Waals surface area contributed by atoms with Gasteiger partial charge in [0.2, 0.25) is 0 Å². The van der Waals surface area contributed by atoms with Gasteiger partial charge in [0.15, 0.2) is 0 Å². The van der Waals surface area contributed by atoms with Gasteiger partial charge in [0, 0.05) is 11.6 Å². The zero-order valence-corrected chi connectivity index (χ0v) is 11.7. The number of anilines is 2. The average molecular weight is 251 g/mol. The number of aromatic nitrogens is 2. The summed E-state index contributed by atoms with van der Waals surface area (Å²) >= 11 is 0. The lowest BCUT2D eigenvalue weighted by Crippen LogP contribution is -2.19. The first-order chi connectivity index (χ1) is 8.72. The highest BCUT2D eigenvalue weighted by molar-refractivity contribution is 5.57. The van der Waals surface area contributed by atoms with Crippen molar-refractivity contribution in [3.05, 3.63) is 11.9 Å². The predicted octanol–water partition coefficient (Wildman–Crippen LogP) is 2.71. The summed E-state index contributed by atoms with van der Waals surface area (Å²) in [6.07, 6.45) is 7.33. The minimum absolute atomic E-state index is 0.419. The molecule has 1 unspecified atom stereocenters. The quantitative estimate of drug-likeness (QED) is 0.376. The summed E-state index contributed by atoms with van der Waals surface area (Å²) in [5.74, 6) is 7.05. The second-order valence-electron chi connectivity index (χ2n) is 4.59. The van der Waals surface area contributed by atoms with E-state index in [1.54, 1.807) is 0 Å². The molecule has 0 aliphatic heterocycles. The molecule has 0 spiro atoms. The van der Waals surface area contributed by atoms with Crippen molar-refractivity contribution < 1.29 is 0 Å². The predicted molar refractivity (Wildman–Crippen MR) is 76.4 cm³/mol. The van der Waals surface area contributed by atoms with Gasteiger partial charge in [-0.15, -0.1) is 0 Å². The van der Waals surface area contributed by atoms with Crippen molar-refractivity contribution >= 4 is 11.6 Å². The Morgan fingerprint density at radius 2 is 1.94 bits per heavy atom. The molecule has 0 amide bonds. The molecule has 0 aliphatic carbocycles. The van der Waals surface area contributed by atoms with Crippen molar-refractivity contribution in [2.45, 2.75) is 58.9 Å². The smallest absolute Gasteiger partial charge is 0.148 e. The lowest BCUT2D eigenvalue weighted by atomic mass is 10.1. The van der Waals surface area contributed by atoms with E-state index < -0.39 is 0 Å². The van der Waals surface area contributed by atoms with Crippen LogP contribution in [0.3, 0.4) is 0 Å². The molecule has 1 rings (SSSR count). The molecule has 0 aromatic carbocycles. The number of rotatable bonds is 8. The van der Waals surface area contributed by atoms with Gasteiger partial charge >= 0.3 is 0 Å². The van der Waals surface area contributed by atoms with Gasteiger partial charge in [0.1, 0.15) is 18.0 Å². The maximum atomic E-state index is 5.46. The van der Waals surface area contributed by atoms with Crippen molar-refractivity contribution in [2.75, 3.05) is 10.7 Å². The van der Waals surface area contributed by atoms with Crippen molar-refractivity contribution in [2.24, 2.45) is 5.84 Å². The second kappa shape index (κ2) is 7.87. The number of nitrogens with two attached hydrogens (primary N) is 1. The summed E-state index contributed by atoms with van der Waals surface area (Å²) in [6, 6.07) is 0.419. The van der Waals surface area contributed by atoms with Gasteiger partial charge in [-0.2, -0.15) is 0 Å². The number of hydrazine groups is 1. The van der Waals surface area contributed by atoms with Crippen LogP contribution in [0.1, 0.15) is 52.0 Å². The molecule has 0 radical (unpaired) electrons. The number of nitrogens with zero attached hydrogens (tertiary/aromatic N) is 2. The summed E-state index contributed by atoms with van der Waals surface area (Å²) in [5.41, 5.74) is 3.67. The van der Waals surface area contributed by atoms with Gasteiger partial charge in [-0.1, -0.05) is 33.1 Å². The van der Waals surface area contributed by atoms with Gasteiger partial charge in [-0.05, 0) is 19.8 Å². The Hall–Kier alpha value is -1.36. The fraction of sp³-hybridized carbons (Fsp3) is 0.692. The van der Waals surface area contributed by atoms with Crippen LogP contribution in [0, 0.1) is 0 Å². The first-order valence-corrected chi connectivity index (χ1v) is 6.79. The third-order valence-corrected chi connectivity index (χ3v) is 3.06. The fourth-order valence-corrected chi connectivity index (χ4v) is 2.00. The molecular formula is C13H25N5. The normalized spacial score (nSPS) is 12.2. The van der Waals surface area contributed by atoms with Crippen molar-refractivity contribution in [3.63, 3.8) is 0 Å². The van der Waals surface area contributed by atoms with E-state index in [1.807, 2.05) is 0 Å². The molecular weight excluding hydrogens is 226 g/mol. The van der Waals surface area contributed by atoms with Crippen LogP contribution in [0.2, 0.25) is 0 Å². The van der Waals surface area contributed by atoms with Crippen molar-refractivity contribution in [1.82, 2.24) is 9.97 Å². The molecule has 0 aliphatic rings. The zero-order valence-electron chi connectivity index (χ0n) is 11.7. The van der Waals surface area contributed by atoms with Crippen LogP contribution in [0.15, 0.2) is 6.33 Å². The summed E-state index contributed by atoms with van der Waals surface area (Å²) in [7, 11) is 0. The molecule has 1 heterocycles. The Morgan fingerprint density at radius 1 is 1.22 bits per heavy atom. The minimum atomic E-state index is 0.419. The average Bonchev–Trinajstić information content (AvgIpc) is 2.38. The van der Waals surface area contributed by atoms with Crippen LogP contribution >= 0.6 is 0 Å². The number of hydrogen-bond donors (Lipinski definition) is 3. The molecule has 5 heteroatoms. The standard InChI is InChI=1S/C13H25N5/c1-4-6-7-8-10(3)17-12-11(5-2)13(18-14)16-9-15-12/h9-10H,4-8,14H2,1-3H3,(H2,15,16,17,18). The third-order valence-electron chi connectivity index (χ3n) is 3.06. The summed E-state index contributed by atoms with van der Waals surface area (Å²) in [5, 5.41) is 3.45. The maximum Gasteiger partial charge on any atom is 0.148 e. The van der Waals surface area contributed by atoms with E-state index in [4.69, 9.17) is 5.84 Å². The summed E-state index contributed by atoms with van der Waals surface area (Å²) < 4.78 is 0. The lowest BCUT2D eigenvalue weighted by Gasteiger charge is -2.17. The molecule has 18 heavy (non-hydrogen) atoms. The first-order valence-electron chi connectivity index (χ1n) is 6.79. The number of nitrogen functional groups attached to an aromatic ring is 1. The number of unbranched alkanes of at least 4 members (excludes halogenated alkanes) is 2. The number of nitrogens with one attached hydrogen (secondary N) is 2. The molecule has 0 fully saturated rings. The van der Waals surface area contributed by atoms with Crippen LogP contribution in [0.5, 0.6) is 0 Å². The highest BCUT2D eigenvalue weighted by Crippen LogP contribution is 2.21. The molecule has 5 nitrogen and oxygen atoms in total. The van der Waals surface area contributed by atoms with E-state index in [2.05, 4.69) is 41.5 Å². The van der Waals surface area contributed by atoms with Gasteiger partial charge in [0.05, 0.1) is 0 Å².